The van der Waals surface area contributed by atoms with Crippen LogP contribution in [0.5, 0.6) is 0 Å². The Morgan fingerprint density at radius 2 is 1.60 bits per heavy atom. The van der Waals surface area contributed by atoms with Crippen LogP contribution in [0.1, 0.15) is 53.0 Å². The van der Waals surface area contributed by atoms with Crippen molar-refractivity contribution < 1.29 is 9.31 Å². The molecular weight excluding hydrogens is 327 g/mol. The molecule has 0 amide bonds. The van der Waals surface area contributed by atoms with Crippen LogP contribution in [0.25, 0.3) is 20.2 Å². The van der Waals surface area contributed by atoms with Crippen LogP contribution in [0.15, 0.2) is 36.4 Å². The Kier molecular flexibility index (Phi) is 3.80. The molecule has 2 aromatic carbocycles. The SMILES string of the molecule is CC(C)c1ccc2c(c1)sc1c(B3OC(C)(C)C(C)(C)O3)cccc12. The van der Waals surface area contributed by atoms with Crippen molar-refractivity contribution in [1.29, 1.82) is 0 Å². The molecule has 0 bridgehead atoms. The zero-order valence-electron chi connectivity index (χ0n) is 15.8. The lowest BCUT2D eigenvalue weighted by Gasteiger charge is -2.32. The number of hydrogen-bond donors (Lipinski definition) is 0. The summed E-state index contributed by atoms with van der Waals surface area (Å²) in [5, 5.41) is 2.62. The van der Waals surface area contributed by atoms with Gasteiger partial charge in [0.25, 0.3) is 0 Å². The first-order valence-electron chi connectivity index (χ1n) is 9.00. The van der Waals surface area contributed by atoms with Crippen molar-refractivity contribution in [2.75, 3.05) is 0 Å². The molecule has 1 aliphatic rings. The van der Waals surface area contributed by atoms with Gasteiger partial charge in [-0.3, -0.25) is 0 Å². The van der Waals surface area contributed by atoms with E-state index in [1.54, 1.807) is 0 Å². The van der Waals surface area contributed by atoms with Crippen LogP contribution >= 0.6 is 11.3 Å². The molecule has 0 saturated carbocycles. The lowest BCUT2D eigenvalue weighted by atomic mass is 9.78. The Hall–Kier alpha value is -1.36. The highest BCUT2D eigenvalue weighted by Gasteiger charge is 2.52. The fraction of sp³-hybridized carbons (Fsp3) is 0.429. The predicted molar refractivity (Wildman–Crippen MR) is 109 cm³/mol. The van der Waals surface area contributed by atoms with E-state index in [0.29, 0.717) is 5.92 Å². The van der Waals surface area contributed by atoms with Gasteiger partial charge < -0.3 is 9.31 Å². The van der Waals surface area contributed by atoms with E-state index >= 15 is 0 Å². The topological polar surface area (TPSA) is 18.5 Å². The molecule has 1 saturated heterocycles. The average molecular weight is 352 g/mol. The summed E-state index contributed by atoms with van der Waals surface area (Å²) in [6.45, 7) is 12.9. The largest absolute Gasteiger partial charge is 0.496 e. The third-order valence-electron chi connectivity index (χ3n) is 5.73. The third-order valence-corrected chi connectivity index (χ3v) is 6.94. The molecule has 0 unspecified atom stereocenters. The molecule has 2 nitrogen and oxygen atoms in total. The molecular formula is C21H25BO2S. The van der Waals surface area contributed by atoms with Gasteiger partial charge in [-0.25, -0.2) is 0 Å². The van der Waals surface area contributed by atoms with Gasteiger partial charge in [-0.05, 0) is 50.6 Å². The summed E-state index contributed by atoms with van der Waals surface area (Å²) >= 11 is 1.85. The number of thiophene rings is 1. The van der Waals surface area contributed by atoms with E-state index in [1.165, 1.54) is 25.7 Å². The summed E-state index contributed by atoms with van der Waals surface area (Å²) in [4.78, 5) is 0. The minimum absolute atomic E-state index is 0.314. The quantitative estimate of drug-likeness (QED) is 0.569. The second kappa shape index (κ2) is 5.57. The van der Waals surface area contributed by atoms with E-state index in [0.717, 1.165) is 5.46 Å². The Bertz CT molecular complexity index is 939. The summed E-state index contributed by atoms with van der Waals surface area (Å²) < 4.78 is 15.2. The summed E-state index contributed by atoms with van der Waals surface area (Å²) in [5.74, 6) is 0.539. The van der Waals surface area contributed by atoms with Crippen LogP contribution in [0.4, 0.5) is 0 Å². The maximum Gasteiger partial charge on any atom is 0.496 e. The minimum Gasteiger partial charge on any atom is -0.399 e. The van der Waals surface area contributed by atoms with E-state index in [9.17, 15) is 0 Å². The summed E-state index contributed by atoms with van der Waals surface area (Å²) in [5.41, 5.74) is 1.89. The molecule has 0 spiro atoms. The zero-order chi connectivity index (χ0) is 18.0. The second-order valence-electron chi connectivity index (χ2n) is 8.32. The van der Waals surface area contributed by atoms with Gasteiger partial charge in [-0.2, -0.15) is 0 Å². The molecule has 25 heavy (non-hydrogen) atoms. The Labute approximate surface area is 154 Å². The van der Waals surface area contributed by atoms with Crippen molar-refractivity contribution in [3.05, 3.63) is 42.0 Å². The number of benzene rings is 2. The van der Waals surface area contributed by atoms with Gasteiger partial charge in [0.15, 0.2) is 0 Å². The normalized spacial score (nSPS) is 19.4. The van der Waals surface area contributed by atoms with Crippen molar-refractivity contribution in [1.82, 2.24) is 0 Å². The molecule has 1 aliphatic heterocycles. The number of hydrogen-bond acceptors (Lipinski definition) is 3. The highest BCUT2D eigenvalue weighted by atomic mass is 32.1. The Morgan fingerprint density at radius 1 is 0.920 bits per heavy atom. The fourth-order valence-corrected chi connectivity index (χ4v) is 4.62. The monoisotopic (exact) mass is 352 g/mol. The third kappa shape index (κ3) is 2.62. The fourth-order valence-electron chi connectivity index (χ4n) is 3.35. The zero-order valence-corrected chi connectivity index (χ0v) is 16.7. The van der Waals surface area contributed by atoms with Crippen molar-refractivity contribution in [2.45, 2.75) is 58.7 Å². The van der Waals surface area contributed by atoms with Crippen LogP contribution in [0, 0.1) is 0 Å². The van der Waals surface area contributed by atoms with Crippen molar-refractivity contribution in [3.8, 4) is 0 Å². The number of fused-ring (bicyclic) bond motifs is 3. The summed E-state index contributed by atoms with van der Waals surface area (Å²) in [6.07, 6.45) is 0. The van der Waals surface area contributed by atoms with Crippen LogP contribution < -0.4 is 5.46 Å². The Morgan fingerprint density at radius 3 is 2.24 bits per heavy atom. The molecule has 0 N–H and O–H groups in total. The van der Waals surface area contributed by atoms with Gasteiger partial charge in [0.05, 0.1) is 11.2 Å². The molecule has 0 radical (unpaired) electrons. The molecule has 4 rings (SSSR count). The standard InChI is InChI=1S/C21H25BO2S/c1-13(2)14-10-11-15-16-8-7-9-17(19(16)25-18(15)12-14)22-23-20(3,4)21(5,6)24-22/h7-13H,1-6H3. The van der Waals surface area contributed by atoms with Crippen molar-refractivity contribution in [3.63, 3.8) is 0 Å². The molecule has 0 atom stereocenters. The average Bonchev–Trinajstić information content (AvgIpc) is 3.00. The maximum atomic E-state index is 6.30. The minimum atomic E-state index is -0.318. The first-order valence-corrected chi connectivity index (χ1v) is 9.82. The van der Waals surface area contributed by atoms with E-state index < -0.39 is 0 Å². The molecule has 1 fully saturated rings. The van der Waals surface area contributed by atoms with E-state index in [-0.39, 0.29) is 18.3 Å². The van der Waals surface area contributed by atoms with Crippen LogP contribution in [0.3, 0.4) is 0 Å². The van der Waals surface area contributed by atoms with E-state index in [1.807, 2.05) is 11.3 Å². The van der Waals surface area contributed by atoms with Gasteiger partial charge >= 0.3 is 7.12 Å². The summed E-state index contributed by atoms with van der Waals surface area (Å²) in [6, 6.07) is 13.3. The van der Waals surface area contributed by atoms with Crippen LogP contribution in [-0.2, 0) is 9.31 Å². The molecule has 0 aliphatic carbocycles. The molecule has 2 heterocycles. The molecule has 3 aromatic rings. The first kappa shape index (κ1) is 17.1. The van der Waals surface area contributed by atoms with Crippen molar-refractivity contribution >= 4 is 44.1 Å². The van der Waals surface area contributed by atoms with E-state index in [2.05, 4.69) is 77.9 Å². The highest BCUT2D eigenvalue weighted by molar-refractivity contribution is 7.27. The first-order chi connectivity index (χ1) is 11.7. The molecule has 1 aromatic heterocycles. The molecule has 130 valence electrons. The van der Waals surface area contributed by atoms with Gasteiger partial charge in [0, 0.05) is 20.2 Å². The highest BCUT2D eigenvalue weighted by Crippen LogP contribution is 2.39. The lowest BCUT2D eigenvalue weighted by molar-refractivity contribution is 0.00578. The lowest BCUT2D eigenvalue weighted by Crippen LogP contribution is -2.41. The number of rotatable bonds is 2. The maximum absolute atomic E-state index is 6.30. The van der Waals surface area contributed by atoms with Crippen molar-refractivity contribution in [2.24, 2.45) is 0 Å². The van der Waals surface area contributed by atoms with Gasteiger partial charge in [-0.15, -0.1) is 11.3 Å². The Balaban J connectivity index is 1.87. The van der Waals surface area contributed by atoms with Gasteiger partial charge in [0.2, 0.25) is 0 Å². The van der Waals surface area contributed by atoms with Gasteiger partial charge in [0.1, 0.15) is 0 Å². The van der Waals surface area contributed by atoms with Crippen LogP contribution in [-0.4, -0.2) is 18.3 Å². The summed E-state index contributed by atoms with van der Waals surface area (Å²) in [7, 11) is -0.314. The molecule has 4 heteroatoms. The van der Waals surface area contributed by atoms with E-state index in [4.69, 9.17) is 9.31 Å². The smallest absolute Gasteiger partial charge is 0.399 e. The second-order valence-corrected chi connectivity index (χ2v) is 9.38. The van der Waals surface area contributed by atoms with Gasteiger partial charge in [-0.1, -0.05) is 44.2 Å². The van der Waals surface area contributed by atoms with Crippen LogP contribution in [0.2, 0.25) is 0 Å². The predicted octanol–water partition coefficient (Wildman–Crippen LogP) is 5.48.